The van der Waals surface area contributed by atoms with E-state index in [0.717, 1.165) is 18.6 Å². The van der Waals surface area contributed by atoms with Gasteiger partial charge in [0.2, 0.25) is 0 Å². The first-order valence-corrected chi connectivity index (χ1v) is 10.7. The second-order valence-electron chi connectivity index (χ2n) is 9.38. The lowest BCUT2D eigenvalue weighted by atomic mass is 9.77. The van der Waals surface area contributed by atoms with Crippen LogP contribution in [0.1, 0.15) is 44.1 Å². The molecular weight excluding hydrogens is 322 g/mol. The van der Waals surface area contributed by atoms with Crippen LogP contribution in [0.2, 0.25) is 0 Å². The first-order valence-electron chi connectivity index (χ1n) is 10.7. The summed E-state index contributed by atoms with van der Waals surface area (Å²) in [4.78, 5) is 9.80. The Balaban J connectivity index is 1.22. The monoisotopic (exact) mass is 355 g/mol. The Morgan fingerprint density at radius 2 is 2.12 bits per heavy atom. The Hall–Kier alpha value is -0.970. The van der Waals surface area contributed by atoms with Crippen LogP contribution < -0.4 is 0 Å². The second kappa shape index (κ2) is 7.21. The van der Waals surface area contributed by atoms with E-state index in [2.05, 4.69) is 20.9 Å². The van der Waals surface area contributed by atoms with Gasteiger partial charge in [-0.1, -0.05) is 12.5 Å². The highest BCUT2D eigenvalue weighted by atomic mass is 16.5. The number of ether oxygens (including phenoxy) is 1. The summed E-state index contributed by atoms with van der Waals surface area (Å²) in [5.74, 6) is 1.69. The van der Waals surface area contributed by atoms with E-state index >= 15 is 0 Å². The van der Waals surface area contributed by atoms with Gasteiger partial charge >= 0.3 is 0 Å². The van der Waals surface area contributed by atoms with Gasteiger partial charge in [0, 0.05) is 55.9 Å². The summed E-state index contributed by atoms with van der Waals surface area (Å²) in [5, 5.41) is 0. The van der Waals surface area contributed by atoms with Gasteiger partial charge in [-0.2, -0.15) is 0 Å². The van der Waals surface area contributed by atoms with Gasteiger partial charge in [0.25, 0.3) is 0 Å². The largest absolute Gasteiger partial charge is 0.376 e. The molecule has 0 bridgehead atoms. The predicted molar refractivity (Wildman–Crippen MR) is 103 cm³/mol. The van der Waals surface area contributed by atoms with Crippen molar-refractivity contribution in [3.8, 4) is 0 Å². The minimum Gasteiger partial charge on any atom is -0.376 e. The lowest BCUT2D eigenvalue weighted by Crippen LogP contribution is -2.42. The Labute approximate surface area is 157 Å². The van der Waals surface area contributed by atoms with Gasteiger partial charge in [-0.15, -0.1) is 0 Å². The molecule has 4 nitrogen and oxygen atoms in total. The Morgan fingerprint density at radius 3 is 2.85 bits per heavy atom. The molecule has 1 spiro atoms. The third-order valence-corrected chi connectivity index (χ3v) is 7.41. The molecule has 4 heteroatoms. The van der Waals surface area contributed by atoms with E-state index in [4.69, 9.17) is 4.74 Å². The molecule has 3 heterocycles. The summed E-state index contributed by atoms with van der Waals surface area (Å²) in [6, 6.07) is 5.01. The number of pyridine rings is 1. The molecule has 26 heavy (non-hydrogen) atoms. The highest BCUT2D eigenvalue weighted by Crippen LogP contribution is 2.47. The number of hydrogen-bond donors (Lipinski definition) is 0. The maximum absolute atomic E-state index is 6.21. The van der Waals surface area contributed by atoms with Crippen molar-refractivity contribution in [1.82, 2.24) is 14.8 Å². The molecule has 4 fully saturated rings. The minimum absolute atomic E-state index is 0.486. The molecule has 5 rings (SSSR count). The third kappa shape index (κ3) is 3.56. The Morgan fingerprint density at radius 1 is 1.19 bits per heavy atom. The van der Waals surface area contributed by atoms with Crippen LogP contribution in [-0.4, -0.2) is 60.2 Å². The summed E-state index contributed by atoms with van der Waals surface area (Å²) in [5.41, 5.74) is 1.68. The molecule has 0 amide bonds. The van der Waals surface area contributed by atoms with Gasteiger partial charge in [-0.3, -0.25) is 9.88 Å². The zero-order valence-corrected chi connectivity index (χ0v) is 16.0. The fraction of sp³-hybridized carbons (Fsp3) is 0.773. The van der Waals surface area contributed by atoms with Crippen molar-refractivity contribution in [3.05, 3.63) is 30.1 Å². The van der Waals surface area contributed by atoms with Crippen LogP contribution in [0.5, 0.6) is 0 Å². The first-order chi connectivity index (χ1) is 12.8. The molecule has 1 aromatic rings. The van der Waals surface area contributed by atoms with Crippen LogP contribution in [0, 0.1) is 17.3 Å². The maximum atomic E-state index is 6.21. The highest BCUT2D eigenvalue weighted by Gasteiger charge is 2.52. The second-order valence-corrected chi connectivity index (χ2v) is 9.38. The predicted octanol–water partition coefficient (Wildman–Crippen LogP) is 3.18. The SMILES string of the molecule is c1cncc(COC[C@@H]2CN(CC3CC3)C[C@@]23CCN(C2CCC2)C3)c1. The van der Waals surface area contributed by atoms with E-state index in [1.54, 1.807) is 0 Å². The fourth-order valence-corrected chi connectivity index (χ4v) is 5.44. The van der Waals surface area contributed by atoms with Gasteiger partial charge in [0.1, 0.15) is 0 Å². The molecule has 0 N–H and O–H groups in total. The molecule has 142 valence electrons. The van der Waals surface area contributed by atoms with Gasteiger partial charge in [-0.05, 0) is 56.2 Å². The van der Waals surface area contributed by atoms with Crippen molar-refractivity contribution in [3.63, 3.8) is 0 Å². The first kappa shape index (κ1) is 17.2. The number of hydrogen-bond acceptors (Lipinski definition) is 4. The van der Waals surface area contributed by atoms with Gasteiger partial charge in [0.15, 0.2) is 0 Å². The topological polar surface area (TPSA) is 28.6 Å². The lowest BCUT2D eigenvalue weighted by Gasteiger charge is -2.37. The minimum atomic E-state index is 0.486. The zero-order valence-electron chi connectivity index (χ0n) is 16.0. The molecule has 2 aliphatic heterocycles. The summed E-state index contributed by atoms with van der Waals surface area (Å²) in [7, 11) is 0. The zero-order chi connectivity index (χ0) is 17.4. The van der Waals surface area contributed by atoms with Crippen molar-refractivity contribution in [2.45, 2.75) is 51.2 Å². The molecule has 0 radical (unpaired) electrons. The standard InChI is InChI=1S/C22H33N3O/c1-4-21(5-1)25-10-8-22(17-25)16-24(12-18-6-7-18)13-20(22)15-26-14-19-3-2-9-23-11-19/h2-3,9,11,18,20-21H,1,4-8,10,12-17H2/t20-,22+/m0/s1. The van der Waals surface area contributed by atoms with Crippen molar-refractivity contribution < 1.29 is 4.74 Å². The molecule has 2 atom stereocenters. The smallest absolute Gasteiger partial charge is 0.0731 e. The molecule has 0 aromatic carbocycles. The van der Waals surface area contributed by atoms with Crippen molar-refractivity contribution in [1.29, 1.82) is 0 Å². The molecule has 1 aromatic heterocycles. The van der Waals surface area contributed by atoms with Crippen LogP contribution in [0.25, 0.3) is 0 Å². The maximum Gasteiger partial charge on any atom is 0.0731 e. The number of likely N-dealkylation sites (tertiary alicyclic amines) is 2. The quantitative estimate of drug-likeness (QED) is 0.751. The van der Waals surface area contributed by atoms with Gasteiger partial charge in [0.05, 0.1) is 13.2 Å². The average Bonchev–Trinajstić information content (AvgIpc) is 3.23. The van der Waals surface area contributed by atoms with Crippen LogP contribution in [0.3, 0.4) is 0 Å². The Kier molecular flexibility index (Phi) is 4.76. The summed E-state index contributed by atoms with van der Waals surface area (Å²) >= 11 is 0. The normalized spacial score (nSPS) is 33.2. The molecule has 0 unspecified atom stereocenters. The molecule has 2 saturated carbocycles. The van der Waals surface area contributed by atoms with E-state index in [9.17, 15) is 0 Å². The van der Waals surface area contributed by atoms with Crippen LogP contribution in [0.4, 0.5) is 0 Å². The number of rotatable bonds is 7. The van der Waals surface area contributed by atoms with E-state index in [1.165, 1.54) is 76.8 Å². The van der Waals surface area contributed by atoms with Gasteiger partial charge in [-0.25, -0.2) is 0 Å². The van der Waals surface area contributed by atoms with Crippen molar-refractivity contribution in [2.24, 2.45) is 17.3 Å². The average molecular weight is 356 g/mol. The van der Waals surface area contributed by atoms with Crippen LogP contribution in [-0.2, 0) is 11.3 Å². The van der Waals surface area contributed by atoms with Crippen molar-refractivity contribution in [2.75, 3.05) is 39.3 Å². The third-order valence-electron chi connectivity index (χ3n) is 7.41. The number of nitrogens with zero attached hydrogens (tertiary/aromatic N) is 3. The van der Waals surface area contributed by atoms with Crippen LogP contribution >= 0.6 is 0 Å². The fourth-order valence-electron chi connectivity index (χ4n) is 5.44. The summed E-state index contributed by atoms with van der Waals surface area (Å²) < 4.78 is 6.21. The van der Waals surface area contributed by atoms with Crippen molar-refractivity contribution >= 4 is 0 Å². The molecule has 2 aliphatic carbocycles. The van der Waals surface area contributed by atoms with Crippen LogP contribution in [0.15, 0.2) is 24.5 Å². The van der Waals surface area contributed by atoms with E-state index < -0.39 is 0 Å². The van der Waals surface area contributed by atoms with E-state index in [1.807, 2.05) is 18.5 Å². The van der Waals surface area contributed by atoms with E-state index in [-0.39, 0.29) is 0 Å². The lowest BCUT2D eigenvalue weighted by molar-refractivity contribution is 0.0466. The molecule has 4 aliphatic rings. The number of aromatic nitrogens is 1. The summed E-state index contributed by atoms with van der Waals surface area (Å²) in [6.45, 7) is 8.16. The highest BCUT2D eigenvalue weighted by molar-refractivity contribution is 5.07. The molecule has 2 saturated heterocycles. The molecular formula is C22H33N3O. The summed E-state index contributed by atoms with van der Waals surface area (Å²) in [6.07, 6.45) is 12.4. The Bertz CT molecular complexity index is 601. The van der Waals surface area contributed by atoms with Gasteiger partial charge < -0.3 is 9.64 Å². The van der Waals surface area contributed by atoms with E-state index in [0.29, 0.717) is 17.9 Å².